The monoisotopic (exact) mass is 409 g/mol. The van der Waals surface area contributed by atoms with E-state index in [1.165, 1.54) is 0 Å². The van der Waals surface area contributed by atoms with E-state index >= 15 is 0 Å². The molecule has 8 nitrogen and oxygen atoms in total. The van der Waals surface area contributed by atoms with Gasteiger partial charge in [-0.15, -0.1) is 0 Å². The molecule has 0 aliphatic carbocycles. The first-order valence-corrected chi connectivity index (χ1v) is 9.46. The van der Waals surface area contributed by atoms with Gasteiger partial charge in [0.15, 0.2) is 0 Å². The summed E-state index contributed by atoms with van der Waals surface area (Å²) in [5.41, 5.74) is 7.25. The Kier molecular flexibility index (Phi) is 6.69. The summed E-state index contributed by atoms with van der Waals surface area (Å²) in [6.07, 6.45) is 0. The molecule has 2 N–H and O–H groups in total. The predicted octanol–water partition coefficient (Wildman–Crippen LogP) is 3.34. The number of hydrazine groups is 1. The molecule has 30 heavy (non-hydrogen) atoms. The lowest BCUT2D eigenvalue weighted by Crippen LogP contribution is -2.41. The van der Waals surface area contributed by atoms with Crippen molar-refractivity contribution in [2.45, 2.75) is 27.4 Å². The summed E-state index contributed by atoms with van der Waals surface area (Å²) >= 11 is 0. The number of carbonyl (C=O) groups excluding carboxylic acids is 2. The molecule has 2 aromatic carbocycles. The van der Waals surface area contributed by atoms with Gasteiger partial charge in [0.25, 0.3) is 11.8 Å². The summed E-state index contributed by atoms with van der Waals surface area (Å²) in [7, 11) is 0. The third-order valence-corrected chi connectivity index (χ3v) is 4.40. The van der Waals surface area contributed by atoms with Gasteiger partial charge in [-0.2, -0.15) is 0 Å². The Balaban J connectivity index is 1.51. The minimum atomic E-state index is -0.438. The molecule has 0 bridgehead atoms. The minimum absolute atomic E-state index is 0.324. The molecule has 1 aromatic heterocycles. The van der Waals surface area contributed by atoms with Crippen LogP contribution in [0.15, 0.2) is 53.1 Å². The lowest BCUT2D eigenvalue weighted by molar-refractivity contribution is 0.0846. The molecule has 0 radical (unpaired) electrons. The molecule has 3 rings (SSSR count). The van der Waals surface area contributed by atoms with E-state index in [2.05, 4.69) is 16.0 Å². The molecule has 0 unspecified atom stereocenters. The van der Waals surface area contributed by atoms with E-state index in [4.69, 9.17) is 14.0 Å². The Morgan fingerprint density at radius 3 is 1.80 bits per heavy atom. The zero-order valence-corrected chi connectivity index (χ0v) is 17.0. The second-order valence-corrected chi connectivity index (χ2v) is 6.48. The zero-order valence-electron chi connectivity index (χ0n) is 17.0. The molecular weight excluding hydrogens is 386 g/mol. The number of benzene rings is 2. The van der Waals surface area contributed by atoms with Crippen LogP contribution in [0.25, 0.3) is 0 Å². The Hall–Kier alpha value is -3.81. The summed E-state index contributed by atoms with van der Waals surface area (Å²) in [4.78, 5) is 24.4. The van der Waals surface area contributed by atoms with E-state index in [9.17, 15) is 9.59 Å². The highest BCUT2D eigenvalue weighted by atomic mass is 16.5. The van der Waals surface area contributed by atoms with Crippen molar-refractivity contribution in [3.63, 3.8) is 0 Å². The fourth-order valence-corrected chi connectivity index (χ4v) is 2.69. The van der Waals surface area contributed by atoms with Crippen molar-refractivity contribution < 1.29 is 23.6 Å². The quantitative estimate of drug-likeness (QED) is 0.580. The van der Waals surface area contributed by atoms with Crippen molar-refractivity contribution in [1.29, 1.82) is 0 Å². The van der Waals surface area contributed by atoms with Crippen LogP contribution in [0.1, 0.15) is 44.7 Å². The van der Waals surface area contributed by atoms with Crippen molar-refractivity contribution in [3.05, 3.63) is 76.7 Å². The third kappa shape index (κ3) is 5.16. The Morgan fingerprint density at radius 1 is 0.867 bits per heavy atom. The number of hydrogen-bond acceptors (Lipinski definition) is 6. The number of aryl methyl sites for hydroxylation is 2. The van der Waals surface area contributed by atoms with E-state index < -0.39 is 11.8 Å². The van der Waals surface area contributed by atoms with Gasteiger partial charge in [-0.25, -0.2) is 0 Å². The highest BCUT2D eigenvalue weighted by Crippen LogP contribution is 2.18. The molecule has 0 saturated heterocycles. The summed E-state index contributed by atoms with van der Waals surface area (Å²) in [6.45, 7) is 6.43. The van der Waals surface area contributed by atoms with Crippen LogP contribution in [0.5, 0.6) is 11.5 Å². The van der Waals surface area contributed by atoms with Crippen LogP contribution in [-0.4, -0.2) is 23.6 Å². The molecule has 3 aromatic rings. The number of nitrogens with one attached hydrogen (secondary N) is 2. The fourth-order valence-electron chi connectivity index (χ4n) is 2.69. The Bertz CT molecular complexity index is 991. The van der Waals surface area contributed by atoms with Crippen LogP contribution in [-0.2, 0) is 6.61 Å². The van der Waals surface area contributed by atoms with Crippen molar-refractivity contribution in [2.75, 3.05) is 6.61 Å². The molecule has 0 aliphatic rings. The van der Waals surface area contributed by atoms with Crippen LogP contribution in [0.4, 0.5) is 0 Å². The molecular formula is C22H23N3O5. The zero-order chi connectivity index (χ0) is 21.5. The van der Waals surface area contributed by atoms with Gasteiger partial charge in [0.1, 0.15) is 23.9 Å². The SMILES string of the molecule is CCOc1ccc(C(=O)NNC(=O)c2ccc(OCc3c(C)noc3C)cc2)cc1. The van der Waals surface area contributed by atoms with Crippen molar-refractivity contribution in [2.24, 2.45) is 0 Å². The minimum Gasteiger partial charge on any atom is -0.494 e. The number of rotatable bonds is 7. The predicted molar refractivity (Wildman–Crippen MR) is 109 cm³/mol. The Morgan fingerprint density at radius 2 is 1.37 bits per heavy atom. The van der Waals surface area contributed by atoms with E-state index in [1.807, 2.05) is 20.8 Å². The third-order valence-electron chi connectivity index (χ3n) is 4.40. The van der Waals surface area contributed by atoms with Crippen molar-refractivity contribution in [1.82, 2.24) is 16.0 Å². The molecule has 8 heteroatoms. The first kappa shape index (κ1) is 20.9. The number of hydrogen-bond donors (Lipinski definition) is 2. The first-order valence-electron chi connectivity index (χ1n) is 9.46. The molecule has 156 valence electrons. The van der Waals surface area contributed by atoms with Gasteiger partial charge in [0.05, 0.1) is 17.9 Å². The van der Waals surface area contributed by atoms with E-state index in [-0.39, 0.29) is 0 Å². The van der Waals surface area contributed by atoms with Crippen molar-refractivity contribution >= 4 is 11.8 Å². The maximum absolute atomic E-state index is 12.3. The second-order valence-electron chi connectivity index (χ2n) is 6.48. The standard InChI is InChI=1S/C22H23N3O5/c1-4-28-18-9-5-16(6-10-18)21(26)23-24-22(27)17-7-11-19(12-8-17)29-13-20-14(2)25-30-15(20)3/h5-12H,4,13H2,1-3H3,(H,23,26)(H,24,27). The van der Waals surface area contributed by atoms with Crippen LogP contribution in [0.2, 0.25) is 0 Å². The van der Waals surface area contributed by atoms with Gasteiger partial charge in [-0.05, 0) is 69.3 Å². The van der Waals surface area contributed by atoms with Gasteiger partial charge in [-0.3, -0.25) is 20.4 Å². The number of nitrogens with zero attached hydrogens (tertiary/aromatic N) is 1. The molecule has 0 spiro atoms. The van der Waals surface area contributed by atoms with Crippen LogP contribution in [0, 0.1) is 13.8 Å². The normalized spacial score (nSPS) is 10.4. The second kappa shape index (κ2) is 9.60. The maximum Gasteiger partial charge on any atom is 0.269 e. The first-order chi connectivity index (χ1) is 14.5. The van der Waals surface area contributed by atoms with Crippen LogP contribution < -0.4 is 20.3 Å². The van der Waals surface area contributed by atoms with Crippen LogP contribution >= 0.6 is 0 Å². The van der Waals surface area contributed by atoms with E-state index in [0.29, 0.717) is 41.6 Å². The smallest absolute Gasteiger partial charge is 0.269 e. The molecule has 1 heterocycles. The fraction of sp³-hybridized carbons (Fsp3) is 0.227. The van der Waals surface area contributed by atoms with Gasteiger partial charge in [-0.1, -0.05) is 5.16 Å². The summed E-state index contributed by atoms with van der Waals surface area (Å²) < 4.78 is 16.2. The number of amides is 2. The van der Waals surface area contributed by atoms with Crippen molar-refractivity contribution in [3.8, 4) is 11.5 Å². The number of aromatic nitrogens is 1. The average Bonchev–Trinajstić information content (AvgIpc) is 3.08. The molecule has 0 saturated carbocycles. The highest BCUT2D eigenvalue weighted by Gasteiger charge is 2.11. The maximum atomic E-state index is 12.3. The Labute approximate surface area is 174 Å². The molecule has 0 aliphatic heterocycles. The van der Waals surface area contributed by atoms with Crippen LogP contribution in [0.3, 0.4) is 0 Å². The lowest BCUT2D eigenvalue weighted by atomic mass is 10.2. The van der Waals surface area contributed by atoms with Gasteiger partial charge < -0.3 is 14.0 Å². The van der Waals surface area contributed by atoms with E-state index in [0.717, 1.165) is 11.3 Å². The summed E-state index contributed by atoms with van der Waals surface area (Å²) in [5, 5.41) is 3.89. The molecule has 2 amide bonds. The summed E-state index contributed by atoms with van der Waals surface area (Å²) in [5.74, 6) is 1.13. The van der Waals surface area contributed by atoms with Gasteiger partial charge in [0, 0.05) is 11.1 Å². The molecule has 0 fully saturated rings. The number of carbonyl (C=O) groups is 2. The average molecular weight is 409 g/mol. The van der Waals surface area contributed by atoms with E-state index in [1.54, 1.807) is 48.5 Å². The largest absolute Gasteiger partial charge is 0.494 e. The highest BCUT2D eigenvalue weighted by molar-refractivity contribution is 5.99. The van der Waals surface area contributed by atoms with Gasteiger partial charge in [0.2, 0.25) is 0 Å². The molecule has 0 atom stereocenters. The summed E-state index contributed by atoms with van der Waals surface area (Å²) in [6, 6.07) is 13.2. The van der Waals surface area contributed by atoms with Gasteiger partial charge >= 0.3 is 0 Å². The topological polar surface area (TPSA) is 103 Å². The lowest BCUT2D eigenvalue weighted by Gasteiger charge is -2.09. The number of ether oxygens (including phenoxy) is 2.